The quantitative estimate of drug-likeness (QED) is 0.0248. The van der Waals surface area contributed by atoms with E-state index in [4.69, 9.17) is 19.1 Å². The minimum Gasteiger partial charge on any atom is -0.459 e. The summed E-state index contributed by atoms with van der Waals surface area (Å²) in [6.07, 6.45) is 2.96. The fourth-order valence-electron chi connectivity index (χ4n) is 8.34. The zero-order valence-corrected chi connectivity index (χ0v) is 44.1. The second kappa shape index (κ2) is 28.4. The molecule has 0 radical (unpaired) electrons. The van der Waals surface area contributed by atoms with Crippen molar-refractivity contribution in [2.24, 2.45) is 23.7 Å². The van der Waals surface area contributed by atoms with Crippen molar-refractivity contribution in [3.05, 3.63) is 121 Å². The largest absolute Gasteiger partial charge is 0.459 e. The van der Waals surface area contributed by atoms with Crippen molar-refractivity contribution >= 4 is 41.6 Å². The van der Waals surface area contributed by atoms with Crippen molar-refractivity contribution in [2.45, 2.75) is 131 Å². The van der Waals surface area contributed by atoms with Crippen LogP contribution in [0.5, 0.6) is 0 Å². The third kappa shape index (κ3) is 16.1. The number of nitrogens with zero attached hydrogens (tertiary/aromatic N) is 2. The summed E-state index contributed by atoms with van der Waals surface area (Å²) in [5.41, 5.74) is 4.94. The third-order valence-corrected chi connectivity index (χ3v) is 12.3. The molecule has 17 heteroatoms. The molecule has 4 rings (SSSR count). The predicted molar refractivity (Wildman–Crippen MR) is 278 cm³/mol. The molecule has 0 saturated carbocycles. The summed E-state index contributed by atoms with van der Waals surface area (Å²) in [5, 5.41) is 12.7. The highest BCUT2D eigenvalue weighted by molar-refractivity contribution is 5.96. The summed E-state index contributed by atoms with van der Waals surface area (Å²) >= 11 is 0. The van der Waals surface area contributed by atoms with E-state index in [-0.39, 0.29) is 38.3 Å². The van der Waals surface area contributed by atoms with Crippen LogP contribution in [-0.4, -0.2) is 108 Å². The normalized spacial score (nSPS) is 14.4. The predicted octanol–water partition coefficient (Wildman–Crippen LogP) is 7.17. The van der Waals surface area contributed by atoms with Gasteiger partial charge in [-0.05, 0) is 78.2 Å². The Morgan fingerprint density at radius 2 is 0.973 bits per heavy atom. The maximum absolute atomic E-state index is 14.4. The summed E-state index contributed by atoms with van der Waals surface area (Å²) in [6, 6.07) is 17.5. The maximum Gasteiger partial charge on any atom is 0.407 e. The van der Waals surface area contributed by atoms with Gasteiger partial charge in [0.2, 0.25) is 17.7 Å². The Bertz CT molecular complexity index is 2330. The Kier molecular flexibility index (Phi) is 22.8. The second-order valence-electron chi connectivity index (χ2n) is 19.5. The number of ether oxygens (including phenoxy) is 2. The number of hydrogen-bond donors (Lipinski definition) is 4. The highest BCUT2D eigenvalue weighted by Crippen LogP contribution is 2.44. The van der Waals surface area contributed by atoms with Crippen molar-refractivity contribution in [2.75, 3.05) is 19.8 Å². The van der Waals surface area contributed by atoms with Crippen molar-refractivity contribution in [1.82, 2.24) is 31.4 Å². The summed E-state index contributed by atoms with van der Waals surface area (Å²) in [4.78, 5) is 110. The van der Waals surface area contributed by atoms with E-state index in [0.29, 0.717) is 12.8 Å². The fourth-order valence-corrected chi connectivity index (χ4v) is 8.34. The van der Waals surface area contributed by atoms with Crippen LogP contribution >= 0.6 is 0 Å². The van der Waals surface area contributed by atoms with E-state index in [0.717, 1.165) is 37.9 Å². The highest BCUT2D eigenvalue weighted by Gasteiger charge is 2.42. The van der Waals surface area contributed by atoms with Gasteiger partial charge in [0.05, 0.1) is 13.2 Å². The van der Waals surface area contributed by atoms with Crippen molar-refractivity contribution in [3.8, 4) is 11.1 Å². The first-order chi connectivity index (χ1) is 34.7. The summed E-state index contributed by atoms with van der Waals surface area (Å²) in [7, 11) is 0. The van der Waals surface area contributed by atoms with Gasteiger partial charge in [-0.15, -0.1) is 13.2 Å². The first-order valence-electron chi connectivity index (χ1n) is 25.1. The Morgan fingerprint density at radius 1 is 0.534 bits per heavy atom. The van der Waals surface area contributed by atoms with Gasteiger partial charge < -0.3 is 30.7 Å². The molecule has 1 aliphatic rings. The van der Waals surface area contributed by atoms with Gasteiger partial charge >= 0.3 is 12.1 Å². The molecule has 1 aliphatic carbocycles. The molecule has 17 nitrogen and oxygen atoms in total. The van der Waals surface area contributed by atoms with Crippen LogP contribution in [0, 0.1) is 23.7 Å². The summed E-state index contributed by atoms with van der Waals surface area (Å²) in [5.74, 6) is -6.60. The molecule has 6 amide bonds. The van der Waals surface area contributed by atoms with Gasteiger partial charge in [-0.2, -0.15) is 0 Å². The lowest BCUT2D eigenvalue weighted by atomic mass is 9.98. The second-order valence-corrected chi connectivity index (χ2v) is 19.5. The van der Waals surface area contributed by atoms with Crippen LogP contribution in [0.15, 0.2) is 104 Å². The zero-order valence-electron chi connectivity index (χ0n) is 44.1. The number of carbonyl (C=O) groups is 7. The molecule has 0 heterocycles. The number of esters is 1. The van der Waals surface area contributed by atoms with Crippen molar-refractivity contribution < 1.29 is 52.7 Å². The maximum atomic E-state index is 14.4. The first kappa shape index (κ1) is 58.7. The average Bonchev–Trinajstić information content (AvgIpc) is 3.67. The number of alkyl carbamates (subject to hydrolysis) is 1. The lowest BCUT2D eigenvalue weighted by Gasteiger charge is -2.36. The van der Waals surface area contributed by atoms with Crippen LogP contribution in [0.4, 0.5) is 4.79 Å². The van der Waals surface area contributed by atoms with E-state index in [1.165, 1.54) is 13.8 Å². The molecule has 0 spiro atoms. The van der Waals surface area contributed by atoms with E-state index in [1.54, 1.807) is 67.5 Å². The Balaban J connectivity index is 1.48. The van der Waals surface area contributed by atoms with Gasteiger partial charge in [0.1, 0.15) is 49.5 Å². The molecule has 0 bridgehead atoms. The number of rotatable bonds is 28. The topological polar surface area (TPSA) is 211 Å². The molecule has 3 aromatic carbocycles. The summed E-state index contributed by atoms with van der Waals surface area (Å²) < 4.78 is 11.3. The van der Waals surface area contributed by atoms with E-state index < -0.39 is 95.6 Å². The number of nitrogens with one attached hydrogen (secondary N) is 4. The number of carbonyl (C=O) groups excluding carboxylic acids is 7. The monoisotopic (exact) mass is 1010 g/mol. The number of hydroxylamine groups is 4. The lowest BCUT2D eigenvalue weighted by molar-refractivity contribution is -0.208. The van der Waals surface area contributed by atoms with E-state index in [1.807, 2.05) is 78.9 Å². The number of benzene rings is 3. The molecule has 4 N–H and O–H groups in total. The fraction of sp³-hybridized carbons (Fsp3) is 0.482. The molecule has 0 saturated heterocycles. The molecule has 3 aromatic rings. The van der Waals surface area contributed by atoms with Crippen molar-refractivity contribution in [1.29, 1.82) is 0 Å². The zero-order chi connectivity index (χ0) is 53.9. The molecule has 396 valence electrons. The van der Waals surface area contributed by atoms with E-state index in [2.05, 4.69) is 34.4 Å². The van der Waals surface area contributed by atoms with Gasteiger partial charge in [0.25, 0.3) is 11.8 Å². The van der Waals surface area contributed by atoms with Crippen LogP contribution in [0.25, 0.3) is 11.1 Å². The Hall–Kier alpha value is -6.85. The van der Waals surface area contributed by atoms with Crippen LogP contribution in [0.1, 0.15) is 105 Å². The molecule has 73 heavy (non-hydrogen) atoms. The minimum absolute atomic E-state index is 0.00287. The molecule has 0 unspecified atom stereocenters. The van der Waals surface area contributed by atoms with Gasteiger partial charge in [0, 0.05) is 5.92 Å². The summed E-state index contributed by atoms with van der Waals surface area (Å²) in [6.45, 7) is 24.0. The molecule has 0 fully saturated rings. The Morgan fingerprint density at radius 3 is 1.42 bits per heavy atom. The van der Waals surface area contributed by atoms with Crippen LogP contribution in [-0.2, 0) is 54.5 Å². The average molecular weight is 1010 g/mol. The van der Waals surface area contributed by atoms with Gasteiger partial charge in [-0.3, -0.25) is 33.6 Å². The molecular weight excluding hydrogens is 933 g/mol. The smallest absolute Gasteiger partial charge is 0.407 e. The lowest BCUT2D eigenvalue weighted by Crippen LogP contribution is -2.62. The van der Waals surface area contributed by atoms with Crippen LogP contribution < -0.4 is 21.3 Å². The van der Waals surface area contributed by atoms with Gasteiger partial charge in [0.15, 0.2) is 0 Å². The van der Waals surface area contributed by atoms with Gasteiger partial charge in [-0.25, -0.2) is 19.7 Å². The Labute approximate surface area is 430 Å². The highest BCUT2D eigenvalue weighted by atomic mass is 16.7. The molecule has 0 aromatic heterocycles. The first-order valence-corrected chi connectivity index (χ1v) is 25.1. The van der Waals surface area contributed by atoms with Gasteiger partial charge in [-0.1, -0.05) is 146 Å². The molecule has 0 aliphatic heterocycles. The van der Waals surface area contributed by atoms with E-state index in [9.17, 15) is 33.6 Å². The molecular formula is C56H76N6O11. The third-order valence-electron chi connectivity index (χ3n) is 12.3. The minimum atomic E-state index is -1.30. The van der Waals surface area contributed by atoms with Crippen molar-refractivity contribution in [3.63, 3.8) is 0 Å². The van der Waals surface area contributed by atoms with Crippen LogP contribution in [0.2, 0.25) is 0 Å². The SMILES string of the molecule is C=CCCON(C(=O)[C@H](C)NC(=O)OCC1c2ccccc2-c2ccccc21)[C@H](C(=O)N[C@H](C(=O)N[C@@H](C)C(=O)N(OCCC=C)[C@H](C(=O)N[C@H](C(=O)OCc1ccccc1)C(C)C)C(C)C)C(C)C)C(C)C. The standard InChI is InChI=1S/C56H76N6O11/c1-13-15-30-72-61(49(37(9)10)52(65)60-47(35(5)6)55(68)70-32-40-24-18-17-19-25-40)53(66)38(11)57-50(63)46(34(3)4)59-51(64)48(36(7)8)62(73-31-16-14-2)54(67)39(12)58-56(69)71-33-45-43-28-22-20-26-41(43)42-27-21-23-29-44(42)45/h13-14,17-29,34-39,45-49H,1-2,15-16,30-33H2,3-12H3,(H,57,63)(H,58,69)(H,59,64)(H,60,65)/t38-,39-,46-,47-,48-,49-/m0/s1. The number of fused-ring (bicyclic) bond motifs is 3. The van der Waals surface area contributed by atoms with Crippen LogP contribution in [0.3, 0.4) is 0 Å². The number of hydrogen-bond acceptors (Lipinski definition) is 11. The molecule has 6 atom stereocenters. The van der Waals surface area contributed by atoms with E-state index >= 15 is 0 Å². The number of amides is 6.